The molecule has 0 heterocycles. The van der Waals surface area contributed by atoms with E-state index in [2.05, 4.69) is 88.5 Å². The summed E-state index contributed by atoms with van der Waals surface area (Å²) in [6, 6.07) is 21.0. The van der Waals surface area contributed by atoms with Gasteiger partial charge in [0.25, 0.3) is 8.32 Å². The van der Waals surface area contributed by atoms with E-state index in [-0.39, 0.29) is 28.8 Å². The number of carbonyl (C=O) groups is 2. The van der Waals surface area contributed by atoms with Gasteiger partial charge in [0.2, 0.25) is 5.91 Å². The maximum Gasteiger partial charge on any atom is 0.306 e. The molecule has 1 amide bonds. The molecule has 3 rings (SSSR count). The minimum absolute atomic E-state index is 0.0559. The number of benzene rings is 2. The summed E-state index contributed by atoms with van der Waals surface area (Å²) in [5, 5.41) is 15.3. The van der Waals surface area contributed by atoms with E-state index in [4.69, 9.17) is 4.43 Å². The number of carboxylic acids is 1. The Morgan fingerprint density at radius 2 is 1.53 bits per heavy atom. The lowest BCUT2D eigenvalue weighted by molar-refractivity contribution is -0.141. The van der Waals surface area contributed by atoms with Gasteiger partial charge in [0, 0.05) is 19.6 Å². The van der Waals surface area contributed by atoms with Crippen molar-refractivity contribution in [3.8, 4) is 0 Å². The van der Waals surface area contributed by atoms with Crippen molar-refractivity contribution in [2.45, 2.75) is 71.9 Å². The summed E-state index contributed by atoms with van der Waals surface area (Å²) in [6.07, 6.45) is 1.97. The molecule has 2 aromatic carbocycles. The summed E-state index contributed by atoms with van der Waals surface area (Å²) in [4.78, 5) is 24.1. The zero-order chi connectivity index (χ0) is 26.5. The van der Waals surface area contributed by atoms with Gasteiger partial charge in [-0.1, -0.05) is 95.3 Å². The third-order valence-corrected chi connectivity index (χ3v) is 12.7. The quantitative estimate of drug-likeness (QED) is 0.450. The van der Waals surface area contributed by atoms with E-state index >= 15 is 0 Å². The van der Waals surface area contributed by atoms with Gasteiger partial charge in [-0.2, -0.15) is 0 Å². The Labute approximate surface area is 217 Å². The number of carboxylic acid groups (broad SMARTS) is 1. The second-order valence-electron chi connectivity index (χ2n) is 11.8. The van der Waals surface area contributed by atoms with Gasteiger partial charge in [-0.3, -0.25) is 9.59 Å². The van der Waals surface area contributed by atoms with Gasteiger partial charge in [-0.15, -0.1) is 0 Å². The van der Waals surface area contributed by atoms with Crippen molar-refractivity contribution in [1.29, 1.82) is 0 Å². The number of nitrogens with one attached hydrogen (secondary N) is 1. The lowest BCUT2D eigenvalue weighted by atomic mass is 9.84. The lowest BCUT2D eigenvalue weighted by Crippen LogP contribution is -2.67. The van der Waals surface area contributed by atoms with Crippen molar-refractivity contribution in [3.05, 3.63) is 60.7 Å². The summed E-state index contributed by atoms with van der Waals surface area (Å²) in [5.74, 6) is -0.709. The van der Waals surface area contributed by atoms with Crippen molar-refractivity contribution in [3.63, 3.8) is 0 Å². The number of amides is 1. The Bertz CT molecular complexity index is 963. The predicted octanol–water partition coefficient (Wildman–Crippen LogP) is 4.84. The van der Waals surface area contributed by atoms with E-state index in [1.54, 1.807) is 6.92 Å². The highest BCUT2D eigenvalue weighted by Gasteiger charge is 2.51. The van der Waals surface area contributed by atoms with Crippen LogP contribution in [-0.4, -0.2) is 37.9 Å². The van der Waals surface area contributed by atoms with Crippen LogP contribution in [0.3, 0.4) is 0 Å². The summed E-state index contributed by atoms with van der Waals surface area (Å²) in [7, 11) is -2.73. The van der Waals surface area contributed by atoms with Crippen molar-refractivity contribution in [2.24, 2.45) is 23.7 Å². The molecule has 0 radical (unpaired) electrons. The van der Waals surface area contributed by atoms with Crippen LogP contribution in [0.15, 0.2) is 60.7 Å². The summed E-state index contributed by atoms with van der Waals surface area (Å²) >= 11 is 0. The van der Waals surface area contributed by atoms with Crippen LogP contribution in [0.2, 0.25) is 5.04 Å². The fraction of sp³-hybridized carbons (Fsp3) is 0.533. The molecule has 2 N–H and O–H groups in total. The molecule has 4 atom stereocenters. The molecule has 0 aliphatic heterocycles. The molecular weight excluding hydrogens is 466 g/mol. The molecule has 1 fully saturated rings. The minimum Gasteiger partial charge on any atom is -0.481 e. The van der Waals surface area contributed by atoms with Gasteiger partial charge >= 0.3 is 5.97 Å². The van der Waals surface area contributed by atoms with Gasteiger partial charge in [0.15, 0.2) is 0 Å². The van der Waals surface area contributed by atoms with Crippen LogP contribution in [-0.2, 0) is 14.0 Å². The normalized spacial score (nSPS) is 21.4. The topological polar surface area (TPSA) is 75.6 Å². The van der Waals surface area contributed by atoms with Crippen molar-refractivity contribution in [1.82, 2.24) is 5.32 Å². The Hall–Kier alpha value is -2.44. The average Bonchev–Trinajstić information content (AvgIpc) is 3.24. The second-order valence-corrected chi connectivity index (χ2v) is 16.1. The molecule has 4 unspecified atom stereocenters. The van der Waals surface area contributed by atoms with Gasteiger partial charge < -0.3 is 14.8 Å². The Balaban J connectivity index is 2.02. The second kappa shape index (κ2) is 11.7. The van der Waals surface area contributed by atoms with E-state index in [9.17, 15) is 14.7 Å². The summed E-state index contributed by atoms with van der Waals surface area (Å²) < 4.78 is 7.20. The van der Waals surface area contributed by atoms with E-state index in [0.717, 1.165) is 6.42 Å². The van der Waals surface area contributed by atoms with Gasteiger partial charge in [0.1, 0.15) is 0 Å². The van der Waals surface area contributed by atoms with Crippen LogP contribution in [0, 0.1) is 23.7 Å². The maximum absolute atomic E-state index is 12.1. The molecule has 6 heteroatoms. The standard InChI is InChI=1S/C30H43NO4Si/c1-21(2)17-28(31-22(3)32)27-19-23(29(33)34)18-24(27)20-35-36(30(4,5)6,25-13-9-7-10-14-25)26-15-11-8-12-16-26/h7-16,21,23-24,27-28H,17-20H2,1-6H3,(H,31,32)(H,33,34). The first-order valence-electron chi connectivity index (χ1n) is 13.2. The third-order valence-electron chi connectivity index (χ3n) is 7.66. The predicted molar refractivity (Wildman–Crippen MR) is 148 cm³/mol. The molecule has 0 spiro atoms. The molecule has 0 saturated heterocycles. The van der Waals surface area contributed by atoms with E-state index < -0.39 is 20.2 Å². The monoisotopic (exact) mass is 509 g/mol. The first-order chi connectivity index (χ1) is 17.0. The number of carbonyl (C=O) groups excluding carboxylic acids is 1. The zero-order valence-electron chi connectivity index (χ0n) is 22.7. The number of hydrogen-bond donors (Lipinski definition) is 2. The lowest BCUT2D eigenvalue weighted by Gasteiger charge is -2.44. The average molecular weight is 510 g/mol. The van der Waals surface area contributed by atoms with Crippen LogP contribution in [0.25, 0.3) is 0 Å². The molecule has 1 aliphatic carbocycles. The fourth-order valence-electron chi connectivity index (χ4n) is 6.15. The van der Waals surface area contributed by atoms with Crippen LogP contribution in [0.1, 0.15) is 60.8 Å². The van der Waals surface area contributed by atoms with Gasteiger partial charge in [-0.25, -0.2) is 0 Å². The molecule has 36 heavy (non-hydrogen) atoms. The van der Waals surface area contributed by atoms with Gasteiger partial charge in [0.05, 0.1) is 5.92 Å². The molecule has 196 valence electrons. The largest absolute Gasteiger partial charge is 0.481 e. The molecule has 2 aromatic rings. The van der Waals surface area contributed by atoms with Crippen molar-refractivity contribution in [2.75, 3.05) is 6.61 Å². The van der Waals surface area contributed by atoms with Crippen LogP contribution >= 0.6 is 0 Å². The molecule has 1 saturated carbocycles. The van der Waals surface area contributed by atoms with Crippen molar-refractivity contribution >= 4 is 30.6 Å². The molecular formula is C30H43NO4Si. The number of hydrogen-bond acceptors (Lipinski definition) is 3. The summed E-state index contributed by atoms with van der Waals surface area (Å²) in [5.41, 5.74) is 0. The van der Waals surface area contributed by atoms with E-state index in [1.165, 1.54) is 10.4 Å². The Kier molecular flexibility index (Phi) is 9.17. The molecule has 1 aliphatic rings. The van der Waals surface area contributed by atoms with Crippen molar-refractivity contribution < 1.29 is 19.1 Å². The first-order valence-corrected chi connectivity index (χ1v) is 15.1. The highest BCUT2D eigenvalue weighted by molar-refractivity contribution is 6.99. The first kappa shape index (κ1) is 28.1. The number of aliphatic carboxylic acids is 1. The molecule has 5 nitrogen and oxygen atoms in total. The highest BCUT2D eigenvalue weighted by atomic mass is 28.4. The number of rotatable bonds is 10. The van der Waals surface area contributed by atoms with E-state index in [1.807, 2.05) is 12.1 Å². The summed E-state index contributed by atoms with van der Waals surface area (Å²) in [6.45, 7) is 13.1. The minimum atomic E-state index is -2.73. The van der Waals surface area contributed by atoms with Crippen LogP contribution < -0.4 is 15.7 Å². The highest BCUT2D eigenvalue weighted by Crippen LogP contribution is 2.43. The van der Waals surface area contributed by atoms with Crippen LogP contribution in [0.5, 0.6) is 0 Å². The smallest absolute Gasteiger partial charge is 0.306 e. The Morgan fingerprint density at radius 3 is 1.94 bits per heavy atom. The molecule has 0 bridgehead atoms. The zero-order valence-corrected chi connectivity index (χ0v) is 23.7. The SMILES string of the molecule is CC(=O)NC(CC(C)C)C1CC(C(=O)O)CC1CO[Si](c1ccccc1)(c1ccccc1)C(C)(C)C. The van der Waals surface area contributed by atoms with E-state index in [0.29, 0.717) is 25.4 Å². The van der Waals surface area contributed by atoms with Crippen LogP contribution in [0.4, 0.5) is 0 Å². The Morgan fingerprint density at radius 1 is 1.00 bits per heavy atom. The van der Waals surface area contributed by atoms with Gasteiger partial charge in [-0.05, 0) is 52.4 Å². The fourth-order valence-corrected chi connectivity index (χ4v) is 10.8. The third kappa shape index (κ3) is 6.27. The maximum atomic E-state index is 12.1. The molecule has 0 aromatic heterocycles.